The van der Waals surface area contributed by atoms with Crippen molar-refractivity contribution in [1.29, 1.82) is 0 Å². The van der Waals surface area contributed by atoms with Crippen LogP contribution in [0.3, 0.4) is 0 Å². The van der Waals surface area contributed by atoms with Gasteiger partial charge in [0.2, 0.25) is 0 Å². The van der Waals surface area contributed by atoms with Crippen molar-refractivity contribution in [2.45, 2.75) is 33.8 Å². The number of carbonyl (C=O) groups excluding carboxylic acids is 1. The summed E-state index contributed by atoms with van der Waals surface area (Å²) in [6.45, 7) is 8.01. The fraction of sp³-hybridized carbons (Fsp3) is 0.500. The Balaban J connectivity index is 2.83. The van der Waals surface area contributed by atoms with Crippen LogP contribution in [0.1, 0.15) is 38.1 Å². The van der Waals surface area contributed by atoms with E-state index in [4.69, 9.17) is 4.74 Å². The number of aliphatic hydroxyl groups is 1. The van der Waals surface area contributed by atoms with Gasteiger partial charge in [0.15, 0.2) is 5.78 Å². The SMILES string of the molecule is CCOc1ccc(C(=O)C(O)C(C)(C)C)cc1. The summed E-state index contributed by atoms with van der Waals surface area (Å²) in [4.78, 5) is 12.0. The Kier molecular flexibility index (Phi) is 4.29. The van der Waals surface area contributed by atoms with Crippen molar-refractivity contribution in [3.8, 4) is 5.75 Å². The molecule has 1 aromatic carbocycles. The molecule has 0 aliphatic heterocycles. The summed E-state index contributed by atoms with van der Waals surface area (Å²) in [5.74, 6) is 0.481. The third-order valence-electron chi connectivity index (χ3n) is 2.52. The molecule has 0 bridgehead atoms. The van der Waals surface area contributed by atoms with E-state index in [2.05, 4.69) is 0 Å². The van der Waals surface area contributed by atoms with Crippen molar-refractivity contribution in [3.63, 3.8) is 0 Å². The summed E-state index contributed by atoms with van der Waals surface area (Å²) in [6, 6.07) is 6.85. The quantitative estimate of drug-likeness (QED) is 0.817. The number of aliphatic hydroxyl groups excluding tert-OH is 1. The smallest absolute Gasteiger partial charge is 0.191 e. The molecule has 0 radical (unpaired) electrons. The van der Waals surface area contributed by atoms with Gasteiger partial charge in [-0.05, 0) is 36.6 Å². The predicted octanol–water partition coefficient (Wildman–Crippen LogP) is 2.68. The average Bonchev–Trinajstić information content (AvgIpc) is 2.27. The monoisotopic (exact) mass is 236 g/mol. The van der Waals surface area contributed by atoms with Gasteiger partial charge >= 0.3 is 0 Å². The van der Waals surface area contributed by atoms with E-state index in [1.807, 2.05) is 27.7 Å². The second kappa shape index (κ2) is 5.32. The number of ether oxygens (including phenoxy) is 1. The molecule has 0 saturated heterocycles. The summed E-state index contributed by atoms with van der Waals surface area (Å²) in [5.41, 5.74) is 0.0613. The van der Waals surface area contributed by atoms with Crippen LogP contribution in [0.2, 0.25) is 0 Å². The van der Waals surface area contributed by atoms with E-state index in [0.29, 0.717) is 12.2 Å². The first-order chi connectivity index (χ1) is 7.86. The van der Waals surface area contributed by atoms with Gasteiger partial charge in [-0.25, -0.2) is 0 Å². The minimum atomic E-state index is -0.986. The molecule has 0 saturated carbocycles. The third kappa shape index (κ3) is 3.56. The van der Waals surface area contributed by atoms with Crippen LogP contribution in [0.25, 0.3) is 0 Å². The molecule has 0 aliphatic rings. The van der Waals surface area contributed by atoms with Gasteiger partial charge in [0, 0.05) is 5.56 Å². The number of hydrogen-bond acceptors (Lipinski definition) is 3. The highest BCUT2D eigenvalue weighted by Gasteiger charge is 2.29. The second-order valence-corrected chi connectivity index (χ2v) is 5.09. The van der Waals surface area contributed by atoms with Crippen molar-refractivity contribution in [3.05, 3.63) is 29.8 Å². The van der Waals surface area contributed by atoms with Crippen molar-refractivity contribution < 1.29 is 14.6 Å². The van der Waals surface area contributed by atoms with E-state index < -0.39 is 11.5 Å². The lowest BCUT2D eigenvalue weighted by atomic mass is 9.84. The van der Waals surface area contributed by atoms with E-state index in [9.17, 15) is 9.90 Å². The molecule has 0 amide bonds. The maximum atomic E-state index is 12.0. The van der Waals surface area contributed by atoms with Gasteiger partial charge in [0.1, 0.15) is 11.9 Å². The molecule has 94 valence electrons. The van der Waals surface area contributed by atoms with Gasteiger partial charge < -0.3 is 9.84 Å². The molecular weight excluding hydrogens is 216 g/mol. The van der Waals surface area contributed by atoms with Crippen LogP contribution in [-0.4, -0.2) is 23.6 Å². The molecule has 3 heteroatoms. The molecular formula is C14H20O3. The van der Waals surface area contributed by atoms with E-state index in [1.165, 1.54) is 0 Å². The topological polar surface area (TPSA) is 46.5 Å². The largest absolute Gasteiger partial charge is 0.494 e. The van der Waals surface area contributed by atoms with Crippen LogP contribution in [0, 0.1) is 5.41 Å². The van der Waals surface area contributed by atoms with Crippen LogP contribution in [-0.2, 0) is 0 Å². The number of ketones is 1. The Hall–Kier alpha value is -1.35. The number of hydrogen-bond donors (Lipinski definition) is 1. The first-order valence-corrected chi connectivity index (χ1v) is 5.81. The van der Waals surface area contributed by atoms with Crippen molar-refractivity contribution in [1.82, 2.24) is 0 Å². The zero-order valence-electron chi connectivity index (χ0n) is 10.9. The van der Waals surface area contributed by atoms with Gasteiger partial charge in [0.25, 0.3) is 0 Å². The van der Waals surface area contributed by atoms with Crippen LogP contribution >= 0.6 is 0 Å². The number of rotatable bonds is 4. The number of carbonyl (C=O) groups is 1. The molecule has 0 heterocycles. The first-order valence-electron chi connectivity index (χ1n) is 5.81. The zero-order valence-corrected chi connectivity index (χ0v) is 10.9. The number of Topliss-reactive ketones (excluding diaryl/α,β-unsaturated/α-hetero) is 1. The lowest BCUT2D eigenvalue weighted by Gasteiger charge is -2.24. The Morgan fingerprint density at radius 1 is 1.29 bits per heavy atom. The van der Waals surface area contributed by atoms with E-state index in [-0.39, 0.29) is 5.78 Å². The summed E-state index contributed by atoms with van der Waals surface area (Å²) >= 11 is 0. The van der Waals surface area contributed by atoms with Crippen LogP contribution in [0.4, 0.5) is 0 Å². The van der Waals surface area contributed by atoms with Gasteiger partial charge in [0.05, 0.1) is 6.61 Å². The highest BCUT2D eigenvalue weighted by atomic mass is 16.5. The van der Waals surface area contributed by atoms with Crippen molar-refractivity contribution in [2.24, 2.45) is 5.41 Å². The maximum absolute atomic E-state index is 12.0. The van der Waals surface area contributed by atoms with Crippen molar-refractivity contribution in [2.75, 3.05) is 6.61 Å². The van der Waals surface area contributed by atoms with E-state index in [0.717, 1.165) is 5.75 Å². The van der Waals surface area contributed by atoms with Gasteiger partial charge in [-0.3, -0.25) is 4.79 Å². The molecule has 0 aromatic heterocycles. The fourth-order valence-corrected chi connectivity index (χ4v) is 1.43. The average molecular weight is 236 g/mol. The molecule has 0 aliphatic carbocycles. The number of benzene rings is 1. The zero-order chi connectivity index (χ0) is 13.1. The molecule has 3 nitrogen and oxygen atoms in total. The Labute approximate surface area is 102 Å². The summed E-state index contributed by atoms with van der Waals surface area (Å²) in [5, 5.41) is 9.90. The Morgan fingerprint density at radius 2 is 1.82 bits per heavy atom. The van der Waals surface area contributed by atoms with E-state index in [1.54, 1.807) is 24.3 Å². The molecule has 1 aromatic rings. The molecule has 1 unspecified atom stereocenters. The second-order valence-electron chi connectivity index (χ2n) is 5.09. The Morgan fingerprint density at radius 3 is 2.24 bits per heavy atom. The molecule has 1 N–H and O–H groups in total. The van der Waals surface area contributed by atoms with Gasteiger partial charge in [-0.2, -0.15) is 0 Å². The summed E-state index contributed by atoms with van der Waals surface area (Å²) < 4.78 is 5.29. The standard InChI is InChI=1S/C14H20O3/c1-5-17-11-8-6-10(7-9-11)12(15)13(16)14(2,3)4/h6-9,13,16H,5H2,1-4H3. The third-order valence-corrected chi connectivity index (χ3v) is 2.52. The molecule has 0 spiro atoms. The van der Waals surface area contributed by atoms with E-state index >= 15 is 0 Å². The molecule has 1 rings (SSSR count). The fourth-order valence-electron chi connectivity index (χ4n) is 1.43. The summed E-state index contributed by atoms with van der Waals surface area (Å²) in [6.07, 6.45) is -0.986. The highest BCUT2D eigenvalue weighted by Crippen LogP contribution is 2.23. The van der Waals surface area contributed by atoms with Crippen molar-refractivity contribution >= 4 is 5.78 Å². The molecule has 17 heavy (non-hydrogen) atoms. The van der Waals surface area contributed by atoms with Crippen LogP contribution in [0.5, 0.6) is 5.75 Å². The predicted molar refractivity (Wildman–Crippen MR) is 67.4 cm³/mol. The van der Waals surface area contributed by atoms with Crippen LogP contribution in [0.15, 0.2) is 24.3 Å². The Bertz CT molecular complexity index is 373. The first kappa shape index (κ1) is 13.7. The molecule has 0 fully saturated rings. The lowest BCUT2D eigenvalue weighted by molar-refractivity contribution is 0.0442. The normalized spacial score (nSPS) is 13.2. The van der Waals surface area contributed by atoms with Gasteiger partial charge in [-0.1, -0.05) is 20.8 Å². The highest BCUT2D eigenvalue weighted by molar-refractivity contribution is 5.99. The minimum absolute atomic E-state index is 0.249. The van der Waals surface area contributed by atoms with Crippen LogP contribution < -0.4 is 4.74 Å². The lowest BCUT2D eigenvalue weighted by Crippen LogP contribution is -2.34. The van der Waals surface area contributed by atoms with Gasteiger partial charge in [-0.15, -0.1) is 0 Å². The minimum Gasteiger partial charge on any atom is -0.494 e. The summed E-state index contributed by atoms with van der Waals surface area (Å²) in [7, 11) is 0. The maximum Gasteiger partial charge on any atom is 0.191 e. The molecule has 1 atom stereocenters.